The summed E-state index contributed by atoms with van der Waals surface area (Å²) in [6.07, 6.45) is 2.19. The average Bonchev–Trinajstić information content (AvgIpc) is 2.39. The van der Waals surface area contributed by atoms with Crippen molar-refractivity contribution in [1.82, 2.24) is 9.97 Å². The monoisotopic (exact) mass is 309 g/mol. The number of nitrogen functional groups attached to an aromatic ring is 1. The molecule has 7 nitrogen and oxygen atoms in total. The zero-order valence-corrected chi connectivity index (χ0v) is 11.5. The minimum absolute atomic E-state index is 0.0228. The topological polar surface area (TPSA) is 122 Å². The van der Waals surface area contributed by atoms with Gasteiger partial charge in [-0.3, -0.25) is 4.72 Å². The van der Waals surface area contributed by atoms with Gasteiger partial charge in [0.1, 0.15) is 11.0 Å². The first-order chi connectivity index (χ1) is 9.42. The molecule has 3 N–H and O–H groups in total. The highest BCUT2D eigenvalue weighted by atomic mass is 35.5. The summed E-state index contributed by atoms with van der Waals surface area (Å²) in [5.74, 6) is -0.0228. The minimum atomic E-state index is -3.84. The van der Waals surface area contributed by atoms with Gasteiger partial charge in [-0.1, -0.05) is 11.6 Å². The molecule has 0 spiro atoms. The third-order valence-electron chi connectivity index (χ3n) is 2.30. The van der Waals surface area contributed by atoms with Gasteiger partial charge in [-0.15, -0.1) is 0 Å². The van der Waals surface area contributed by atoms with Crippen LogP contribution in [0.15, 0.2) is 35.5 Å². The molecule has 2 rings (SSSR count). The Morgan fingerprint density at radius 3 is 2.50 bits per heavy atom. The highest BCUT2D eigenvalue weighted by Gasteiger charge is 2.15. The van der Waals surface area contributed by atoms with Crippen LogP contribution in [0, 0.1) is 11.3 Å². The molecule has 0 atom stereocenters. The number of rotatable bonds is 3. The van der Waals surface area contributed by atoms with Crippen molar-refractivity contribution in [2.75, 3.05) is 10.5 Å². The Hall–Kier alpha value is -2.37. The van der Waals surface area contributed by atoms with Crippen molar-refractivity contribution < 1.29 is 8.42 Å². The molecule has 0 bridgehead atoms. The standard InChI is InChI=1S/C11H8ClN5O2S/c12-10-3-8(2-1-7(10)4-13)17-20(18,19)9-5-15-11(14)16-6-9/h1-3,5-6,17H,(H2,14,15,16). The Balaban J connectivity index is 2.31. The van der Waals surface area contributed by atoms with Crippen LogP contribution in [-0.2, 0) is 10.0 Å². The summed E-state index contributed by atoms with van der Waals surface area (Å²) in [5, 5.41) is 8.90. The molecule has 1 aromatic carbocycles. The van der Waals surface area contributed by atoms with Crippen LogP contribution in [0.2, 0.25) is 5.02 Å². The van der Waals surface area contributed by atoms with Crippen molar-refractivity contribution in [1.29, 1.82) is 5.26 Å². The molecule has 0 amide bonds. The molecule has 1 aromatic heterocycles. The van der Waals surface area contributed by atoms with Crippen molar-refractivity contribution in [3.05, 3.63) is 41.2 Å². The summed E-state index contributed by atoms with van der Waals surface area (Å²) in [5.41, 5.74) is 5.77. The molecule has 9 heteroatoms. The number of nitrogens with zero attached hydrogens (tertiary/aromatic N) is 3. The first-order valence-electron chi connectivity index (χ1n) is 5.22. The number of benzene rings is 1. The maximum Gasteiger partial charge on any atom is 0.264 e. The Morgan fingerprint density at radius 1 is 1.30 bits per heavy atom. The van der Waals surface area contributed by atoms with E-state index in [0.717, 1.165) is 12.4 Å². The van der Waals surface area contributed by atoms with Crippen LogP contribution in [0.1, 0.15) is 5.56 Å². The van der Waals surface area contributed by atoms with Gasteiger partial charge in [0, 0.05) is 0 Å². The van der Waals surface area contributed by atoms with E-state index in [4.69, 9.17) is 22.6 Å². The van der Waals surface area contributed by atoms with Gasteiger partial charge in [-0.05, 0) is 18.2 Å². The van der Waals surface area contributed by atoms with E-state index in [-0.39, 0.29) is 27.1 Å². The van der Waals surface area contributed by atoms with Crippen molar-refractivity contribution >= 4 is 33.3 Å². The van der Waals surface area contributed by atoms with E-state index >= 15 is 0 Å². The van der Waals surface area contributed by atoms with Crippen molar-refractivity contribution in [2.45, 2.75) is 4.90 Å². The molecule has 0 saturated heterocycles. The number of nitrogens with two attached hydrogens (primary N) is 1. The third-order valence-corrected chi connectivity index (χ3v) is 3.95. The molecule has 2 aromatic rings. The second kappa shape index (κ2) is 5.32. The zero-order valence-electron chi connectivity index (χ0n) is 9.91. The lowest BCUT2D eigenvalue weighted by Crippen LogP contribution is -2.14. The lowest BCUT2D eigenvalue weighted by atomic mass is 10.2. The molecule has 0 radical (unpaired) electrons. The van der Waals surface area contributed by atoms with E-state index in [1.165, 1.54) is 18.2 Å². The van der Waals surface area contributed by atoms with Crippen LogP contribution in [0.5, 0.6) is 0 Å². The second-order valence-electron chi connectivity index (χ2n) is 3.69. The van der Waals surface area contributed by atoms with Crippen molar-refractivity contribution in [3.63, 3.8) is 0 Å². The quantitative estimate of drug-likeness (QED) is 0.883. The lowest BCUT2D eigenvalue weighted by molar-refractivity contribution is 0.600. The number of hydrogen-bond donors (Lipinski definition) is 2. The van der Waals surface area contributed by atoms with Gasteiger partial charge in [-0.2, -0.15) is 5.26 Å². The summed E-state index contributed by atoms with van der Waals surface area (Å²) in [7, 11) is -3.84. The minimum Gasteiger partial charge on any atom is -0.368 e. The predicted molar refractivity (Wildman–Crippen MR) is 73.4 cm³/mol. The molecular weight excluding hydrogens is 302 g/mol. The number of aromatic nitrogens is 2. The number of anilines is 2. The summed E-state index contributed by atoms with van der Waals surface area (Å²) in [6.45, 7) is 0. The molecule has 1 heterocycles. The second-order valence-corrected chi connectivity index (χ2v) is 5.78. The molecular formula is C11H8ClN5O2S. The van der Waals surface area contributed by atoms with Crippen molar-refractivity contribution in [3.8, 4) is 6.07 Å². The summed E-state index contributed by atoms with van der Waals surface area (Å²) in [6, 6.07) is 6.07. The molecule has 0 saturated carbocycles. The molecule has 0 aliphatic rings. The number of sulfonamides is 1. The average molecular weight is 310 g/mol. The van der Waals surface area contributed by atoms with E-state index in [1.54, 1.807) is 0 Å². The van der Waals surface area contributed by atoms with Crippen LogP contribution in [0.4, 0.5) is 11.6 Å². The Labute approximate surface area is 120 Å². The van der Waals surface area contributed by atoms with Crippen LogP contribution < -0.4 is 10.5 Å². The summed E-state index contributed by atoms with van der Waals surface area (Å²) in [4.78, 5) is 7.09. The Kier molecular flexibility index (Phi) is 3.74. The zero-order chi connectivity index (χ0) is 14.8. The first kappa shape index (κ1) is 14.0. The highest BCUT2D eigenvalue weighted by Crippen LogP contribution is 2.22. The Morgan fingerprint density at radius 2 is 1.95 bits per heavy atom. The van der Waals surface area contributed by atoms with Gasteiger partial charge in [0.25, 0.3) is 10.0 Å². The highest BCUT2D eigenvalue weighted by molar-refractivity contribution is 7.92. The molecule has 0 aliphatic heterocycles. The third kappa shape index (κ3) is 2.96. The fraction of sp³-hybridized carbons (Fsp3) is 0. The normalized spacial score (nSPS) is 10.8. The molecule has 102 valence electrons. The lowest BCUT2D eigenvalue weighted by Gasteiger charge is -2.08. The predicted octanol–water partition coefficient (Wildman–Crippen LogP) is 1.38. The largest absolute Gasteiger partial charge is 0.368 e. The Bertz CT molecular complexity index is 783. The maximum atomic E-state index is 12.0. The van der Waals surface area contributed by atoms with E-state index in [9.17, 15) is 8.42 Å². The van der Waals surface area contributed by atoms with Crippen LogP contribution >= 0.6 is 11.6 Å². The molecule has 0 unspecified atom stereocenters. The first-order valence-corrected chi connectivity index (χ1v) is 7.08. The van der Waals surface area contributed by atoms with Gasteiger partial charge >= 0.3 is 0 Å². The summed E-state index contributed by atoms with van der Waals surface area (Å²) >= 11 is 5.83. The smallest absolute Gasteiger partial charge is 0.264 e. The number of halogens is 1. The summed E-state index contributed by atoms with van der Waals surface area (Å²) < 4.78 is 26.4. The molecule has 0 aliphatic carbocycles. The maximum absolute atomic E-state index is 12.0. The van der Waals surface area contributed by atoms with E-state index in [1.807, 2.05) is 6.07 Å². The fourth-order valence-corrected chi connectivity index (χ4v) is 2.51. The van der Waals surface area contributed by atoms with Crippen LogP contribution in [0.25, 0.3) is 0 Å². The van der Waals surface area contributed by atoms with Gasteiger partial charge in [-0.25, -0.2) is 18.4 Å². The molecule has 20 heavy (non-hydrogen) atoms. The number of hydrogen-bond acceptors (Lipinski definition) is 6. The van der Waals surface area contributed by atoms with Crippen LogP contribution in [-0.4, -0.2) is 18.4 Å². The fourth-order valence-electron chi connectivity index (χ4n) is 1.35. The molecule has 0 fully saturated rings. The SMILES string of the molecule is N#Cc1ccc(NS(=O)(=O)c2cnc(N)nc2)cc1Cl. The van der Waals surface area contributed by atoms with Gasteiger partial charge in [0.05, 0.1) is 28.7 Å². The van der Waals surface area contributed by atoms with E-state index in [2.05, 4.69) is 14.7 Å². The van der Waals surface area contributed by atoms with E-state index in [0.29, 0.717) is 0 Å². The van der Waals surface area contributed by atoms with Crippen molar-refractivity contribution in [2.24, 2.45) is 0 Å². The van der Waals surface area contributed by atoms with Crippen LogP contribution in [0.3, 0.4) is 0 Å². The van der Waals surface area contributed by atoms with Gasteiger partial charge < -0.3 is 5.73 Å². The van der Waals surface area contributed by atoms with Gasteiger partial charge in [0.15, 0.2) is 0 Å². The van der Waals surface area contributed by atoms with E-state index < -0.39 is 10.0 Å². The number of nitrogens with one attached hydrogen (secondary N) is 1. The number of nitriles is 1. The van der Waals surface area contributed by atoms with Gasteiger partial charge in [0.2, 0.25) is 5.95 Å².